The van der Waals surface area contributed by atoms with Crippen LogP contribution < -0.4 is 0 Å². The van der Waals surface area contributed by atoms with Crippen LogP contribution in [-0.2, 0) is 6.42 Å². The summed E-state index contributed by atoms with van der Waals surface area (Å²) in [4.78, 5) is 6.94. The van der Waals surface area contributed by atoms with Crippen LogP contribution in [0.4, 0.5) is 0 Å². The van der Waals surface area contributed by atoms with Crippen LogP contribution in [-0.4, -0.2) is 40.7 Å². The van der Waals surface area contributed by atoms with Gasteiger partial charge in [0.15, 0.2) is 0 Å². The molecule has 0 bridgehead atoms. The molecule has 0 fully saturated rings. The van der Waals surface area contributed by atoms with Gasteiger partial charge < -0.3 is 10.0 Å². The van der Waals surface area contributed by atoms with E-state index in [0.29, 0.717) is 6.42 Å². The van der Waals surface area contributed by atoms with E-state index in [9.17, 15) is 5.11 Å². The van der Waals surface area contributed by atoms with Gasteiger partial charge in [-0.05, 0) is 31.6 Å². The Hall–Kier alpha value is -1.45. The van der Waals surface area contributed by atoms with E-state index in [-0.39, 0.29) is 6.10 Å². The highest BCUT2D eigenvalue weighted by Gasteiger charge is 2.09. The average molecular weight is 272 g/mol. The fourth-order valence-corrected chi connectivity index (χ4v) is 2.44. The Labute approximate surface area is 121 Å². The van der Waals surface area contributed by atoms with Crippen LogP contribution >= 0.6 is 0 Å². The summed E-state index contributed by atoms with van der Waals surface area (Å²) in [6.07, 6.45) is 1.12. The number of nitrogens with zero attached hydrogens (tertiary/aromatic N) is 2. The lowest BCUT2D eigenvalue weighted by Crippen LogP contribution is -2.27. The van der Waals surface area contributed by atoms with Crippen LogP contribution in [0.3, 0.4) is 0 Å². The maximum absolute atomic E-state index is 10.1. The zero-order valence-electron chi connectivity index (χ0n) is 12.4. The molecule has 0 aliphatic rings. The molecule has 20 heavy (non-hydrogen) atoms. The van der Waals surface area contributed by atoms with E-state index in [1.54, 1.807) is 0 Å². The lowest BCUT2D eigenvalue weighted by molar-refractivity contribution is 0.143. The van der Waals surface area contributed by atoms with Gasteiger partial charge in [-0.2, -0.15) is 0 Å². The number of aliphatic hydroxyl groups is 1. The molecule has 0 saturated carbocycles. The first-order valence-corrected chi connectivity index (χ1v) is 7.48. The highest BCUT2D eigenvalue weighted by Crippen LogP contribution is 2.13. The van der Waals surface area contributed by atoms with Crippen molar-refractivity contribution >= 4 is 10.9 Å². The molecule has 2 aromatic rings. The predicted octanol–water partition coefficient (Wildman–Crippen LogP) is 2.87. The van der Waals surface area contributed by atoms with Gasteiger partial charge in [-0.1, -0.05) is 38.1 Å². The van der Waals surface area contributed by atoms with Crippen LogP contribution in [0.2, 0.25) is 0 Å². The summed E-state index contributed by atoms with van der Waals surface area (Å²) in [7, 11) is 0. The van der Waals surface area contributed by atoms with Crippen molar-refractivity contribution in [2.75, 3.05) is 19.6 Å². The number of fused-ring (bicyclic) bond motifs is 1. The standard InChI is InChI=1S/C17H24N2O/c1-3-19(4-2)12-11-16(20)13-15-10-9-14-7-5-6-8-17(14)18-15/h5-10,16,20H,3-4,11-13H2,1-2H3. The Kier molecular flexibility index (Phi) is 5.50. The topological polar surface area (TPSA) is 36.4 Å². The molecule has 0 radical (unpaired) electrons. The first-order valence-electron chi connectivity index (χ1n) is 7.48. The number of para-hydroxylation sites is 1. The fraction of sp³-hybridized carbons (Fsp3) is 0.471. The maximum Gasteiger partial charge on any atom is 0.0705 e. The number of pyridine rings is 1. The van der Waals surface area contributed by atoms with E-state index in [1.807, 2.05) is 24.3 Å². The van der Waals surface area contributed by atoms with Gasteiger partial charge in [0.2, 0.25) is 0 Å². The second kappa shape index (κ2) is 7.36. The zero-order chi connectivity index (χ0) is 14.4. The summed E-state index contributed by atoms with van der Waals surface area (Å²) >= 11 is 0. The van der Waals surface area contributed by atoms with Crippen molar-refractivity contribution in [3.63, 3.8) is 0 Å². The van der Waals surface area contributed by atoms with Crippen molar-refractivity contribution in [2.45, 2.75) is 32.8 Å². The monoisotopic (exact) mass is 272 g/mol. The molecule has 3 nitrogen and oxygen atoms in total. The third kappa shape index (κ3) is 4.02. The summed E-state index contributed by atoms with van der Waals surface area (Å²) < 4.78 is 0. The lowest BCUT2D eigenvalue weighted by atomic mass is 10.1. The normalized spacial score (nSPS) is 13.0. The van der Waals surface area contributed by atoms with Crippen LogP contribution in [0.25, 0.3) is 10.9 Å². The molecular formula is C17H24N2O. The first-order chi connectivity index (χ1) is 9.72. The molecule has 2 rings (SSSR count). The third-order valence-corrected chi connectivity index (χ3v) is 3.77. The molecule has 1 N–H and O–H groups in total. The number of hydrogen-bond acceptors (Lipinski definition) is 3. The summed E-state index contributed by atoms with van der Waals surface area (Å²) in [6, 6.07) is 12.2. The minimum Gasteiger partial charge on any atom is -0.393 e. The number of aromatic nitrogens is 1. The Balaban J connectivity index is 1.93. The van der Waals surface area contributed by atoms with Gasteiger partial charge in [-0.15, -0.1) is 0 Å². The molecule has 1 aromatic carbocycles. The van der Waals surface area contributed by atoms with Crippen LogP contribution in [0.15, 0.2) is 36.4 Å². The number of hydrogen-bond donors (Lipinski definition) is 1. The largest absolute Gasteiger partial charge is 0.393 e. The summed E-state index contributed by atoms with van der Waals surface area (Å²) in [5.41, 5.74) is 1.97. The van der Waals surface area contributed by atoms with Crippen molar-refractivity contribution in [1.29, 1.82) is 0 Å². The molecule has 1 heterocycles. The van der Waals surface area contributed by atoms with Crippen molar-refractivity contribution in [3.8, 4) is 0 Å². The van der Waals surface area contributed by atoms with Gasteiger partial charge in [0, 0.05) is 24.0 Å². The lowest BCUT2D eigenvalue weighted by Gasteiger charge is -2.19. The van der Waals surface area contributed by atoms with Crippen LogP contribution in [0.5, 0.6) is 0 Å². The van der Waals surface area contributed by atoms with E-state index in [2.05, 4.69) is 35.9 Å². The minimum atomic E-state index is -0.315. The van der Waals surface area contributed by atoms with E-state index in [1.165, 1.54) is 0 Å². The molecule has 108 valence electrons. The predicted molar refractivity (Wildman–Crippen MR) is 83.9 cm³/mol. The molecule has 3 heteroatoms. The van der Waals surface area contributed by atoms with E-state index in [4.69, 9.17) is 0 Å². The summed E-state index contributed by atoms with van der Waals surface area (Å²) in [6.45, 7) is 7.33. The van der Waals surface area contributed by atoms with E-state index < -0.39 is 0 Å². The Morgan fingerprint density at radius 3 is 2.60 bits per heavy atom. The van der Waals surface area contributed by atoms with Crippen molar-refractivity contribution in [3.05, 3.63) is 42.1 Å². The highest BCUT2D eigenvalue weighted by atomic mass is 16.3. The number of aliphatic hydroxyl groups excluding tert-OH is 1. The summed E-state index contributed by atoms with van der Waals surface area (Å²) in [5, 5.41) is 11.3. The van der Waals surface area contributed by atoms with Gasteiger partial charge >= 0.3 is 0 Å². The molecule has 1 unspecified atom stereocenters. The van der Waals surface area contributed by atoms with Crippen molar-refractivity contribution in [1.82, 2.24) is 9.88 Å². The van der Waals surface area contributed by atoms with E-state index >= 15 is 0 Å². The molecular weight excluding hydrogens is 248 g/mol. The molecule has 1 aromatic heterocycles. The fourth-order valence-electron chi connectivity index (χ4n) is 2.44. The van der Waals surface area contributed by atoms with E-state index in [0.717, 1.165) is 42.7 Å². The Morgan fingerprint density at radius 1 is 1.10 bits per heavy atom. The Morgan fingerprint density at radius 2 is 1.85 bits per heavy atom. The summed E-state index contributed by atoms with van der Waals surface area (Å²) in [5.74, 6) is 0. The molecule has 0 saturated heterocycles. The average Bonchev–Trinajstić information content (AvgIpc) is 2.48. The quantitative estimate of drug-likeness (QED) is 0.842. The second-order valence-corrected chi connectivity index (χ2v) is 5.17. The first kappa shape index (κ1) is 14.9. The molecule has 0 spiro atoms. The van der Waals surface area contributed by atoms with Gasteiger partial charge in [-0.25, -0.2) is 0 Å². The van der Waals surface area contributed by atoms with Gasteiger partial charge in [0.05, 0.1) is 11.6 Å². The van der Waals surface area contributed by atoms with Gasteiger partial charge in [-0.3, -0.25) is 4.98 Å². The minimum absolute atomic E-state index is 0.315. The highest BCUT2D eigenvalue weighted by molar-refractivity contribution is 5.78. The third-order valence-electron chi connectivity index (χ3n) is 3.77. The zero-order valence-corrected chi connectivity index (χ0v) is 12.4. The molecule has 0 amide bonds. The number of benzene rings is 1. The maximum atomic E-state index is 10.1. The molecule has 0 aliphatic heterocycles. The molecule has 0 aliphatic carbocycles. The SMILES string of the molecule is CCN(CC)CCC(O)Cc1ccc2ccccc2n1. The number of rotatable bonds is 7. The van der Waals surface area contributed by atoms with Crippen LogP contribution in [0.1, 0.15) is 26.0 Å². The molecule has 1 atom stereocenters. The van der Waals surface area contributed by atoms with Gasteiger partial charge in [0.25, 0.3) is 0 Å². The van der Waals surface area contributed by atoms with Crippen LogP contribution in [0, 0.1) is 0 Å². The Bertz CT molecular complexity index is 537. The smallest absolute Gasteiger partial charge is 0.0705 e. The second-order valence-electron chi connectivity index (χ2n) is 5.17. The van der Waals surface area contributed by atoms with Crippen molar-refractivity contribution < 1.29 is 5.11 Å². The van der Waals surface area contributed by atoms with Gasteiger partial charge in [0.1, 0.15) is 0 Å². The van der Waals surface area contributed by atoms with Crippen molar-refractivity contribution in [2.24, 2.45) is 0 Å².